The number of benzene rings is 2. The summed E-state index contributed by atoms with van der Waals surface area (Å²) in [6.07, 6.45) is 0. The number of ether oxygens (including phenoxy) is 1. The van der Waals surface area contributed by atoms with E-state index in [1.807, 2.05) is 49.4 Å². The van der Waals surface area contributed by atoms with Gasteiger partial charge in [-0.25, -0.2) is 0 Å². The van der Waals surface area contributed by atoms with Gasteiger partial charge in [-0.2, -0.15) is 0 Å². The predicted octanol–water partition coefficient (Wildman–Crippen LogP) is 4.63. The molecule has 2 aromatic carbocycles. The molecule has 0 unspecified atom stereocenters. The number of hydrogen-bond acceptors (Lipinski definition) is 3. The van der Waals surface area contributed by atoms with Gasteiger partial charge in [0.05, 0.1) is 6.61 Å². The third-order valence-corrected chi connectivity index (χ3v) is 4.82. The molecule has 1 atom stereocenters. The van der Waals surface area contributed by atoms with Gasteiger partial charge in [-0.1, -0.05) is 32.0 Å². The average Bonchev–Trinajstić information content (AvgIpc) is 2.60. The van der Waals surface area contributed by atoms with Crippen molar-refractivity contribution in [3.05, 3.63) is 60.2 Å². The third-order valence-electron chi connectivity index (χ3n) is 3.84. The summed E-state index contributed by atoms with van der Waals surface area (Å²) in [5.74, 6) is 2.05. The summed E-state index contributed by atoms with van der Waals surface area (Å²) in [5, 5.41) is 3.00. The molecule has 0 saturated carbocycles. The quantitative estimate of drug-likeness (QED) is 0.561. The molecule has 0 aliphatic carbocycles. The van der Waals surface area contributed by atoms with Gasteiger partial charge >= 0.3 is 0 Å². The second-order valence-electron chi connectivity index (χ2n) is 6.04. The first kappa shape index (κ1) is 18.4. The minimum atomic E-state index is -0.0395. The number of carbonyl (C=O) groups excluding carboxylic acids is 1. The molecular weight excluding hydrogens is 318 g/mol. The normalized spacial score (nSPS) is 12.0. The summed E-state index contributed by atoms with van der Waals surface area (Å²) < 4.78 is 5.73. The van der Waals surface area contributed by atoms with Crippen molar-refractivity contribution in [1.82, 2.24) is 5.32 Å². The first-order valence-electron chi connectivity index (χ1n) is 8.28. The number of hydrogen-bond donors (Lipinski definition) is 1. The third kappa shape index (κ3) is 5.93. The molecule has 2 rings (SSSR count). The van der Waals surface area contributed by atoms with E-state index in [1.54, 1.807) is 11.8 Å². The van der Waals surface area contributed by atoms with Gasteiger partial charge in [-0.3, -0.25) is 4.79 Å². The number of nitrogens with one attached hydrogen (secondary N) is 1. The van der Waals surface area contributed by atoms with Gasteiger partial charge in [-0.15, -0.1) is 11.8 Å². The second-order valence-corrected chi connectivity index (χ2v) is 7.21. The number of carbonyl (C=O) groups is 1. The molecule has 1 amide bonds. The molecule has 1 N–H and O–H groups in total. The molecule has 4 heteroatoms. The molecule has 0 fully saturated rings. The first-order valence-corrected chi connectivity index (χ1v) is 9.26. The highest BCUT2D eigenvalue weighted by molar-refractivity contribution is 7.99. The highest BCUT2D eigenvalue weighted by Gasteiger charge is 2.12. The van der Waals surface area contributed by atoms with E-state index in [9.17, 15) is 4.79 Å². The van der Waals surface area contributed by atoms with Crippen LogP contribution < -0.4 is 10.1 Å². The van der Waals surface area contributed by atoms with Gasteiger partial charge in [-0.05, 0) is 49.2 Å². The van der Waals surface area contributed by atoms with E-state index >= 15 is 0 Å². The van der Waals surface area contributed by atoms with Gasteiger partial charge in [0.25, 0.3) is 5.91 Å². The Bertz CT molecular complexity index is 626. The lowest BCUT2D eigenvalue weighted by Gasteiger charge is -2.17. The predicted molar refractivity (Wildman–Crippen MR) is 101 cm³/mol. The highest BCUT2D eigenvalue weighted by Crippen LogP contribution is 2.18. The molecule has 0 radical (unpaired) electrons. The van der Waals surface area contributed by atoms with Gasteiger partial charge < -0.3 is 10.1 Å². The van der Waals surface area contributed by atoms with Crippen molar-refractivity contribution >= 4 is 17.7 Å². The first-order chi connectivity index (χ1) is 11.6. The minimum absolute atomic E-state index is 0.0395. The Morgan fingerprint density at radius 1 is 1.04 bits per heavy atom. The van der Waals surface area contributed by atoms with Crippen molar-refractivity contribution < 1.29 is 9.53 Å². The van der Waals surface area contributed by atoms with Crippen LogP contribution in [0.2, 0.25) is 0 Å². The van der Waals surface area contributed by atoms with E-state index in [4.69, 9.17) is 4.74 Å². The molecule has 128 valence electrons. The lowest BCUT2D eigenvalue weighted by Crippen LogP contribution is -2.36. The summed E-state index contributed by atoms with van der Waals surface area (Å²) in [5.41, 5.74) is 0.661. The van der Waals surface area contributed by atoms with Gasteiger partial charge in [0.1, 0.15) is 5.75 Å². The smallest absolute Gasteiger partial charge is 0.251 e. The van der Waals surface area contributed by atoms with Crippen LogP contribution in [-0.4, -0.2) is 24.3 Å². The zero-order valence-corrected chi connectivity index (χ0v) is 15.3. The van der Waals surface area contributed by atoms with Crippen LogP contribution in [0, 0.1) is 5.92 Å². The maximum Gasteiger partial charge on any atom is 0.251 e. The van der Waals surface area contributed by atoms with Crippen LogP contribution in [0.3, 0.4) is 0 Å². The lowest BCUT2D eigenvalue weighted by molar-refractivity contribution is 0.0930. The van der Waals surface area contributed by atoms with Crippen molar-refractivity contribution in [3.63, 3.8) is 0 Å². The number of rotatable bonds is 8. The fraction of sp³-hybridized carbons (Fsp3) is 0.350. The Balaban J connectivity index is 1.76. The van der Waals surface area contributed by atoms with Crippen LogP contribution in [0.25, 0.3) is 0 Å². The van der Waals surface area contributed by atoms with E-state index in [-0.39, 0.29) is 11.9 Å². The summed E-state index contributed by atoms with van der Waals surface area (Å²) in [6.45, 7) is 6.84. The number of amides is 1. The van der Waals surface area contributed by atoms with Crippen molar-refractivity contribution in [2.75, 3.05) is 12.4 Å². The van der Waals surface area contributed by atoms with Crippen molar-refractivity contribution in [3.8, 4) is 5.75 Å². The van der Waals surface area contributed by atoms with Crippen LogP contribution in [0.15, 0.2) is 59.5 Å². The molecule has 2 aromatic rings. The summed E-state index contributed by atoms with van der Waals surface area (Å²) in [7, 11) is 0. The van der Waals surface area contributed by atoms with Gasteiger partial charge in [0.2, 0.25) is 0 Å². The SMILES string of the molecule is CC(C)[C@@H](C)NC(=O)c1ccc(OCCSc2ccccc2)cc1. The molecule has 3 nitrogen and oxygen atoms in total. The van der Waals surface area contributed by atoms with E-state index in [0.717, 1.165) is 11.5 Å². The van der Waals surface area contributed by atoms with Crippen LogP contribution in [-0.2, 0) is 0 Å². The van der Waals surface area contributed by atoms with Crippen molar-refractivity contribution in [2.24, 2.45) is 5.92 Å². The van der Waals surface area contributed by atoms with Crippen LogP contribution in [0.5, 0.6) is 5.75 Å². The summed E-state index contributed by atoms with van der Waals surface area (Å²) >= 11 is 1.77. The standard InChI is InChI=1S/C20H25NO2S/c1-15(2)16(3)21-20(22)17-9-11-18(12-10-17)23-13-14-24-19-7-5-4-6-8-19/h4-12,15-16H,13-14H2,1-3H3,(H,21,22)/t16-/m1/s1. The topological polar surface area (TPSA) is 38.3 Å². The molecule has 0 bridgehead atoms. The Kier molecular flexibility index (Phi) is 7.19. The number of thioether (sulfide) groups is 1. The Labute approximate surface area is 148 Å². The molecule has 0 spiro atoms. The Morgan fingerprint density at radius 2 is 1.71 bits per heavy atom. The van der Waals surface area contributed by atoms with Gasteiger partial charge in [0.15, 0.2) is 0 Å². The van der Waals surface area contributed by atoms with E-state index in [0.29, 0.717) is 18.1 Å². The monoisotopic (exact) mass is 343 g/mol. The highest BCUT2D eigenvalue weighted by atomic mass is 32.2. The molecule has 0 heterocycles. The zero-order valence-electron chi connectivity index (χ0n) is 14.5. The van der Waals surface area contributed by atoms with Crippen molar-refractivity contribution in [2.45, 2.75) is 31.7 Å². The summed E-state index contributed by atoms with van der Waals surface area (Å²) in [4.78, 5) is 13.4. The largest absolute Gasteiger partial charge is 0.493 e. The van der Waals surface area contributed by atoms with Crippen LogP contribution >= 0.6 is 11.8 Å². The van der Waals surface area contributed by atoms with Gasteiger partial charge in [0, 0.05) is 22.3 Å². The second kappa shape index (κ2) is 9.38. The fourth-order valence-corrected chi connectivity index (χ4v) is 2.75. The molecule has 0 aromatic heterocycles. The Morgan fingerprint density at radius 3 is 2.33 bits per heavy atom. The van der Waals surface area contributed by atoms with Crippen molar-refractivity contribution in [1.29, 1.82) is 0 Å². The zero-order chi connectivity index (χ0) is 17.4. The molecular formula is C20H25NO2S. The van der Waals surface area contributed by atoms with Crippen LogP contribution in [0.1, 0.15) is 31.1 Å². The van der Waals surface area contributed by atoms with E-state index in [1.165, 1.54) is 4.90 Å². The lowest BCUT2D eigenvalue weighted by atomic mass is 10.1. The maximum atomic E-state index is 12.1. The molecule has 0 saturated heterocycles. The van der Waals surface area contributed by atoms with Crippen LogP contribution in [0.4, 0.5) is 0 Å². The van der Waals surface area contributed by atoms with E-state index < -0.39 is 0 Å². The van der Waals surface area contributed by atoms with E-state index in [2.05, 4.69) is 31.3 Å². The molecule has 0 aliphatic rings. The fourth-order valence-electron chi connectivity index (χ4n) is 2.00. The summed E-state index contributed by atoms with van der Waals surface area (Å²) in [6, 6.07) is 17.7. The molecule has 24 heavy (non-hydrogen) atoms. The Hall–Kier alpha value is -1.94. The maximum absolute atomic E-state index is 12.1. The molecule has 0 aliphatic heterocycles. The minimum Gasteiger partial charge on any atom is -0.493 e. The average molecular weight is 343 g/mol.